The van der Waals surface area contributed by atoms with E-state index in [-0.39, 0.29) is 5.91 Å². The Kier molecular flexibility index (Phi) is 6.92. The topological polar surface area (TPSA) is 83.1 Å². The van der Waals surface area contributed by atoms with Gasteiger partial charge in [0.05, 0.1) is 17.6 Å². The lowest BCUT2D eigenvalue weighted by Crippen LogP contribution is -2.37. The fraction of sp³-hybridized carbons (Fsp3) is 0.318. The molecule has 0 bridgehead atoms. The largest absolute Gasteiger partial charge is 0.326 e. The van der Waals surface area contributed by atoms with Crippen LogP contribution in [-0.4, -0.2) is 42.4 Å². The summed E-state index contributed by atoms with van der Waals surface area (Å²) in [6.07, 6.45) is 3.88. The summed E-state index contributed by atoms with van der Waals surface area (Å²) in [5.41, 5.74) is 3.81. The lowest BCUT2D eigenvalue weighted by atomic mass is 9.89. The molecule has 6 heteroatoms. The Bertz CT molecular complexity index is 839. The van der Waals surface area contributed by atoms with Gasteiger partial charge in [-0.15, -0.1) is 0 Å². The molecule has 0 atom stereocenters. The average molecular weight is 377 g/mol. The highest BCUT2D eigenvalue weighted by atomic mass is 16.1. The molecule has 1 aliphatic rings. The van der Waals surface area contributed by atoms with Crippen molar-refractivity contribution in [3.8, 4) is 0 Å². The molecule has 1 amide bonds. The highest BCUT2D eigenvalue weighted by molar-refractivity contribution is 6.31. The molecular formula is C22H27N5O. The van der Waals surface area contributed by atoms with Gasteiger partial charge in [-0.1, -0.05) is 30.3 Å². The molecule has 146 valence electrons. The number of para-hydroxylation sites is 1. The van der Waals surface area contributed by atoms with Crippen LogP contribution in [0.2, 0.25) is 0 Å². The van der Waals surface area contributed by atoms with Crippen LogP contribution >= 0.6 is 0 Å². The average Bonchev–Trinajstić information content (AvgIpc) is 2.72. The van der Waals surface area contributed by atoms with Crippen molar-refractivity contribution in [2.24, 2.45) is 15.9 Å². The maximum absolute atomic E-state index is 11.3. The number of hydrogen-bond acceptors (Lipinski definition) is 5. The zero-order valence-electron chi connectivity index (χ0n) is 16.2. The Hall–Kier alpha value is -2.99. The number of likely N-dealkylation sites (tertiary alicyclic amines) is 1. The Morgan fingerprint density at radius 1 is 1.18 bits per heavy atom. The lowest BCUT2D eigenvalue weighted by molar-refractivity contribution is -0.114. The van der Waals surface area contributed by atoms with E-state index in [1.807, 2.05) is 42.5 Å². The van der Waals surface area contributed by atoms with Gasteiger partial charge >= 0.3 is 0 Å². The summed E-state index contributed by atoms with van der Waals surface area (Å²) in [6, 6.07) is 17.9. The van der Waals surface area contributed by atoms with Gasteiger partial charge < -0.3 is 11.2 Å². The Morgan fingerprint density at radius 3 is 2.61 bits per heavy atom. The second-order valence-electron chi connectivity index (χ2n) is 7.07. The van der Waals surface area contributed by atoms with Crippen molar-refractivity contribution in [2.45, 2.75) is 25.7 Å². The number of amides is 1. The van der Waals surface area contributed by atoms with Crippen LogP contribution in [0.5, 0.6) is 0 Å². The molecule has 0 saturated carbocycles. The number of carbonyl (C=O) groups is 1. The molecule has 0 unspecified atom stereocenters. The molecule has 1 heterocycles. The van der Waals surface area contributed by atoms with Gasteiger partial charge in [-0.05, 0) is 61.7 Å². The number of nitrogens with two attached hydrogens (primary N) is 1. The molecule has 6 nitrogen and oxygen atoms in total. The van der Waals surface area contributed by atoms with E-state index in [4.69, 9.17) is 5.84 Å². The number of aliphatic imine (C=N–C) groups is 1. The van der Waals surface area contributed by atoms with E-state index in [0.717, 1.165) is 43.0 Å². The van der Waals surface area contributed by atoms with Gasteiger partial charge in [0.2, 0.25) is 5.91 Å². The summed E-state index contributed by atoms with van der Waals surface area (Å²) in [7, 11) is 0. The summed E-state index contributed by atoms with van der Waals surface area (Å²) < 4.78 is 0. The summed E-state index contributed by atoms with van der Waals surface area (Å²) in [5.74, 6) is 6.02. The minimum atomic E-state index is -0.0438. The van der Waals surface area contributed by atoms with E-state index >= 15 is 0 Å². The number of benzene rings is 2. The van der Waals surface area contributed by atoms with Crippen LogP contribution < -0.4 is 11.2 Å². The molecule has 3 N–H and O–H groups in total. The van der Waals surface area contributed by atoms with E-state index in [2.05, 4.69) is 32.4 Å². The van der Waals surface area contributed by atoms with Crippen molar-refractivity contribution < 1.29 is 4.79 Å². The zero-order chi connectivity index (χ0) is 19.8. The van der Waals surface area contributed by atoms with Crippen LogP contribution in [-0.2, 0) is 4.79 Å². The third-order valence-corrected chi connectivity index (χ3v) is 4.94. The van der Waals surface area contributed by atoms with Gasteiger partial charge in [-0.25, -0.2) is 0 Å². The first kappa shape index (κ1) is 19.8. The molecule has 0 aliphatic carbocycles. The standard InChI is InChI=1S/C22H27N5O/c1-17(28)25-21-9-5-6-19(14-21)18-10-12-27(13-11-18)16-22(26-23)15-24-20-7-3-2-4-8-20/h2-9,14-15,18H,10-13,16,23H2,1H3,(H,25,28). The van der Waals surface area contributed by atoms with Crippen LogP contribution in [0.3, 0.4) is 0 Å². The van der Waals surface area contributed by atoms with Crippen molar-refractivity contribution in [1.82, 2.24) is 4.90 Å². The maximum Gasteiger partial charge on any atom is 0.221 e. The molecule has 2 aromatic rings. The summed E-state index contributed by atoms with van der Waals surface area (Å²) >= 11 is 0. The predicted molar refractivity (Wildman–Crippen MR) is 115 cm³/mol. The first-order valence-corrected chi connectivity index (χ1v) is 9.60. The Labute approximate surface area is 166 Å². The van der Waals surface area contributed by atoms with Crippen molar-refractivity contribution in [2.75, 3.05) is 25.0 Å². The SMILES string of the molecule is CC(=O)Nc1cccc(C2CCN(CC(C=Nc3ccccc3)=NN)CC2)c1. The number of anilines is 1. The van der Waals surface area contributed by atoms with Crippen molar-refractivity contribution in [3.05, 3.63) is 60.2 Å². The predicted octanol–water partition coefficient (Wildman–Crippen LogP) is 3.54. The fourth-order valence-corrected chi connectivity index (χ4v) is 3.51. The van der Waals surface area contributed by atoms with Crippen molar-refractivity contribution in [3.63, 3.8) is 0 Å². The molecule has 1 saturated heterocycles. The van der Waals surface area contributed by atoms with Gasteiger partial charge in [-0.2, -0.15) is 5.10 Å². The number of carbonyl (C=O) groups excluding carboxylic acids is 1. The Balaban J connectivity index is 1.53. The minimum Gasteiger partial charge on any atom is -0.326 e. The maximum atomic E-state index is 11.3. The van der Waals surface area contributed by atoms with Gasteiger partial charge in [0, 0.05) is 19.2 Å². The van der Waals surface area contributed by atoms with E-state index in [1.54, 1.807) is 6.21 Å². The van der Waals surface area contributed by atoms with Gasteiger partial charge in [0.25, 0.3) is 0 Å². The highest BCUT2D eigenvalue weighted by Gasteiger charge is 2.21. The van der Waals surface area contributed by atoms with E-state index < -0.39 is 0 Å². The van der Waals surface area contributed by atoms with Crippen LogP contribution in [0.25, 0.3) is 0 Å². The summed E-state index contributed by atoms with van der Waals surface area (Å²) in [6.45, 7) is 4.19. The smallest absolute Gasteiger partial charge is 0.221 e. The highest BCUT2D eigenvalue weighted by Crippen LogP contribution is 2.29. The van der Waals surface area contributed by atoms with E-state index in [0.29, 0.717) is 12.5 Å². The van der Waals surface area contributed by atoms with Gasteiger partial charge in [0.1, 0.15) is 0 Å². The fourth-order valence-electron chi connectivity index (χ4n) is 3.51. The molecule has 3 rings (SSSR count). The minimum absolute atomic E-state index is 0.0438. The number of nitrogens with one attached hydrogen (secondary N) is 1. The molecule has 1 fully saturated rings. The molecule has 2 aromatic carbocycles. The number of hydrazone groups is 1. The quantitative estimate of drug-likeness (QED) is 0.459. The first-order valence-electron chi connectivity index (χ1n) is 9.60. The first-order chi connectivity index (χ1) is 13.6. The lowest BCUT2D eigenvalue weighted by Gasteiger charge is -2.32. The summed E-state index contributed by atoms with van der Waals surface area (Å²) in [5, 5.41) is 6.76. The third-order valence-electron chi connectivity index (χ3n) is 4.94. The number of hydrogen-bond donors (Lipinski definition) is 2. The number of rotatable bonds is 6. The monoisotopic (exact) mass is 377 g/mol. The number of nitrogens with zero attached hydrogens (tertiary/aromatic N) is 3. The van der Waals surface area contributed by atoms with E-state index in [9.17, 15) is 4.79 Å². The van der Waals surface area contributed by atoms with Gasteiger partial charge in [0.15, 0.2) is 0 Å². The second-order valence-corrected chi connectivity index (χ2v) is 7.07. The van der Waals surface area contributed by atoms with Crippen molar-refractivity contribution in [1.29, 1.82) is 0 Å². The second kappa shape index (κ2) is 9.80. The molecule has 0 radical (unpaired) electrons. The van der Waals surface area contributed by atoms with Crippen molar-refractivity contribution >= 4 is 29.2 Å². The third kappa shape index (κ3) is 5.76. The normalized spacial score (nSPS) is 16.4. The summed E-state index contributed by atoms with van der Waals surface area (Å²) in [4.78, 5) is 18.1. The molecule has 0 spiro atoms. The molecule has 1 aliphatic heterocycles. The zero-order valence-corrected chi connectivity index (χ0v) is 16.2. The van der Waals surface area contributed by atoms with E-state index in [1.165, 1.54) is 12.5 Å². The number of piperidine rings is 1. The molecule has 28 heavy (non-hydrogen) atoms. The molecular weight excluding hydrogens is 350 g/mol. The van der Waals surface area contributed by atoms with Crippen LogP contribution in [0.1, 0.15) is 31.2 Å². The van der Waals surface area contributed by atoms with Crippen LogP contribution in [0.15, 0.2) is 64.7 Å². The molecule has 0 aromatic heterocycles. The Morgan fingerprint density at radius 2 is 1.93 bits per heavy atom. The van der Waals surface area contributed by atoms with Crippen LogP contribution in [0, 0.1) is 0 Å². The van der Waals surface area contributed by atoms with Gasteiger partial charge in [-0.3, -0.25) is 14.7 Å². The van der Waals surface area contributed by atoms with Crippen LogP contribution in [0.4, 0.5) is 11.4 Å².